The van der Waals surface area contributed by atoms with Crippen LogP contribution >= 0.6 is 0 Å². The van der Waals surface area contributed by atoms with Crippen molar-refractivity contribution in [1.29, 1.82) is 5.26 Å². The number of hydrogen-bond acceptors (Lipinski definition) is 3. The van der Waals surface area contributed by atoms with Crippen LogP contribution in [0.1, 0.15) is 37.3 Å². The summed E-state index contributed by atoms with van der Waals surface area (Å²) in [6.45, 7) is 10.2. The molecule has 0 aromatic heterocycles. The molecule has 0 bridgehead atoms. The molecule has 2 unspecified atom stereocenters. The van der Waals surface area contributed by atoms with E-state index in [1.807, 2.05) is 0 Å². The Balaban J connectivity index is 2.07. The normalized spacial score (nSPS) is 23.2. The first-order valence-electron chi connectivity index (χ1n) is 7.97. The number of rotatable bonds is 5. The van der Waals surface area contributed by atoms with Crippen molar-refractivity contribution in [2.24, 2.45) is 5.92 Å². The van der Waals surface area contributed by atoms with Crippen LogP contribution in [-0.4, -0.2) is 37.1 Å². The molecule has 0 aliphatic carbocycles. The molecular formula is C18H27N3. The van der Waals surface area contributed by atoms with Gasteiger partial charge in [-0.15, -0.1) is 0 Å². The minimum Gasteiger partial charge on any atom is -0.312 e. The molecule has 0 amide bonds. The first kappa shape index (κ1) is 16.0. The largest absolute Gasteiger partial charge is 0.312 e. The Hall–Kier alpha value is -1.37. The predicted molar refractivity (Wildman–Crippen MR) is 87.2 cm³/mol. The van der Waals surface area contributed by atoms with Crippen LogP contribution in [0.25, 0.3) is 0 Å². The van der Waals surface area contributed by atoms with E-state index in [0.29, 0.717) is 24.4 Å². The van der Waals surface area contributed by atoms with Crippen LogP contribution in [-0.2, 0) is 0 Å². The van der Waals surface area contributed by atoms with Gasteiger partial charge in [-0.05, 0) is 37.3 Å². The number of benzene rings is 1. The summed E-state index contributed by atoms with van der Waals surface area (Å²) in [7, 11) is 0. The van der Waals surface area contributed by atoms with Crippen molar-refractivity contribution in [3.63, 3.8) is 0 Å². The van der Waals surface area contributed by atoms with Gasteiger partial charge in [0, 0.05) is 19.1 Å². The number of nitrogens with zero attached hydrogens (tertiary/aromatic N) is 2. The average Bonchev–Trinajstić information content (AvgIpc) is 2.45. The number of piperidine rings is 1. The molecule has 114 valence electrons. The minimum atomic E-state index is 0.486. The summed E-state index contributed by atoms with van der Waals surface area (Å²) in [4.78, 5) is 2.29. The second-order valence-corrected chi connectivity index (χ2v) is 6.70. The summed E-state index contributed by atoms with van der Waals surface area (Å²) in [5.41, 5.74) is 2.73. The van der Waals surface area contributed by atoms with Crippen molar-refractivity contribution in [2.75, 3.05) is 26.2 Å². The van der Waals surface area contributed by atoms with Crippen LogP contribution in [0.2, 0.25) is 0 Å². The van der Waals surface area contributed by atoms with Gasteiger partial charge < -0.3 is 5.32 Å². The molecule has 1 aliphatic rings. The molecule has 0 saturated carbocycles. The highest BCUT2D eigenvalue weighted by molar-refractivity contribution is 5.26. The van der Waals surface area contributed by atoms with Crippen LogP contribution in [0, 0.1) is 24.2 Å². The minimum absolute atomic E-state index is 0.486. The highest BCUT2D eigenvalue weighted by atomic mass is 15.2. The van der Waals surface area contributed by atoms with Crippen molar-refractivity contribution in [2.45, 2.75) is 39.2 Å². The number of nitriles is 1. The standard InChI is InChI=1S/C18H27N3/c1-14(2)11-20-18-10-17(12-21(13-18)8-7-19)16-6-4-5-15(3)9-16/h4-6,9,14,17-18,20H,8,10-13H2,1-3H3. The first-order chi connectivity index (χ1) is 10.1. The molecule has 3 nitrogen and oxygen atoms in total. The van der Waals surface area contributed by atoms with E-state index >= 15 is 0 Å². The van der Waals surface area contributed by atoms with Crippen LogP contribution in [0.4, 0.5) is 0 Å². The predicted octanol–water partition coefficient (Wildman–Crippen LogP) is 2.92. The Morgan fingerprint density at radius 1 is 1.38 bits per heavy atom. The fourth-order valence-corrected chi connectivity index (χ4v) is 3.14. The van der Waals surface area contributed by atoms with E-state index in [0.717, 1.165) is 26.1 Å². The quantitative estimate of drug-likeness (QED) is 0.846. The van der Waals surface area contributed by atoms with E-state index in [2.05, 4.69) is 61.3 Å². The first-order valence-corrected chi connectivity index (χ1v) is 7.97. The summed E-state index contributed by atoms with van der Waals surface area (Å²) >= 11 is 0. The topological polar surface area (TPSA) is 39.1 Å². The Morgan fingerprint density at radius 3 is 2.86 bits per heavy atom. The third-order valence-corrected chi connectivity index (χ3v) is 4.15. The van der Waals surface area contributed by atoms with Crippen molar-refractivity contribution in [3.8, 4) is 6.07 Å². The second-order valence-electron chi connectivity index (χ2n) is 6.70. The fraction of sp³-hybridized carbons (Fsp3) is 0.611. The smallest absolute Gasteiger partial charge is 0.0866 e. The van der Waals surface area contributed by atoms with Gasteiger partial charge in [-0.2, -0.15) is 5.26 Å². The molecule has 0 spiro atoms. The SMILES string of the molecule is Cc1cccc(C2CC(NCC(C)C)CN(CC#N)C2)c1. The molecule has 21 heavy (non-hydrogen) atoms. The Morgan fingerprint density at radius 2 is 2.19 bits per heavy atom. The molecule has 1 N–H and O–H groups in total. The van der Waals surface area contributed by atoms with Crippen LogP contribution in [0.3, 0.4) is 0 Å². The van der Waals surface area contributed by atoms with Crippen molar-refractivity contribution in [3.05, 3.63) is 35.4 Å². The summed E-state index contributed by atoms with van der Waals surface area (Å²) in [6.07, 6.45) is 1.16. The third-order valence-electron chi connectivity index (χ3n) is 4.15. The van der Waals surface area contributed by atoms with Gasteiger partial charge in [0.1, 0.15) is 0 Å². The van der Waals surface area contributed by atoms with Crippen molar-refractivity contribution >= 4 is 0 Å². The third kappa shape index (κ3) is 4.84. The van der Waals surface area contributed by atoms with Gasteiger partial charge in [-0.3, -0.25) is 4.90 Å². The number of hydrogen-bond donors (Lipinski definition) is 1. The second kappa shape index (κ2) is 7.59. The van der Waals surface area contributed by atoms with Crippen LogP contribution in [0.15, 0.2) is 24.3 Å². The lowest BCUT2D eigenvalue weighted by Gasteiger charge is -2.37. The van der Waals surface area contributed by atoms with E-state index in [9.17, 15) is 0 Å². The molecule has 1 heterocycles. The van der Waals surface area contributed by atoms with Gasteiger partial charge in [-0.1, -0.05) is 43.7 Å². The molecule has 0 radical (unpaired) electrons. The molecule has 1 aromatic carbocycles. The van der Waals surface area contributed by atoms with E-state index in [1.165, 1.54) is 11.1 Å². The van der Waals surface area contributed by atoms with Crippen molar-refractivity contribution < 1.29 is 0 Å². The summed E-state index contributed by atoms with van der Waals surface area (Å²) in [5, 5.41) is 12.7. The maximum absolute atomic E-state index is 9.01. The maximum atomic E-state index is 9.01. The summed E-state index contributed by atoms with van der Waals surface area (Å²) in [5.74, 6) is 1.19. The van der Waals surface area contributed by atoms with E-state index < -0.39 is 0 Å². The zero-order chi connectivity index (χ0) is 15.2. The zero-order valence-corrected chi connectivity index (χ0v) is 13.5. The van der Waals surface area contributed by atoms with Gasteiger partial charge in [-0.25, -0.2) is 0 Å². The summed E-state index contributed by atoms with van der Waals surface area (Å²) < 4.78 is 0. The molecule has 1 aliphatic heterocycles. The highest BCUT2D eigenvalue weighted by Gasteiger charge is 2.27. The Bertz CT molecular complexity index is 489. The van der Waals surface area contributed by atoms with E-state index in [1.54, 1.807) is 0 Å². The zero-order valence-electron chi connectivity index (χ0n) is 13.5. The van der Waals surface area contributed by atoms with Crippen LogP contribution < -0.4 is 5.32 Å². The van der Waals surface area contributed by atoms with Gasteiger partial charge in [0.25, 0.3) is 0 Å². The molecule has 1 fully saturated rings. The Labute approximate surface area is 129 Å². The van der Waals surface area contributed by atoms with Gasteiger partial charge in [0.05, 0.1) is 12.6 Å². The monoisotopic (exact) mass is 285 g/mol. The fourth-order valence-electron chi connectivity index (χ4n) is 3.14. The Kier molecular flexibility index (Phi) is 5.78. The average molecular weight is 285 g/mol. The van der Waals surface area contributed by atoms with Gasteiger partial charge in [0.15, 0.2) is 0 Å². The van der Waals surface area contributed by atoms with E-state index in [-0.39, 0.29) is 0 Å². The summed E-state index contributed by atoms with van der Waals surface area (Å²) in [6, 6.07) is 11.6. The van der Waals surface area contributed by atoms with E-state index in [4.69, 9.17) is 5.26 Å². The van der Waals surface area contributed by atoms with Gasteiger partial charge >= 0.3 is 0 Å². The number of nitrogens with one attached hydrogen (secondary N) is 1. The lowest BCUT2D eigenvalue weighted by molar-refractivity contribution is 0.186. The molecule has 1 aromatic rings. The van der Waals surface area contributed by atoms with Crippen molar-refractivity contribution in [1.82, 2.24) is 10.2 Å². The maximum Gasteiger partial charge on any atom is 0.0866 e. The lowest BCUT2D eigenvalue weighted by Crippen LogP contribution is -2.49. The molecule has 2 rings (SSSR count). The number of likely N-dealkylation sites (tertiary alicyclic amines) is 1. The molecule has 3 heteroatoms. The number of aryl methyl sites for hydroxylation is 1. The molecule has 2 atom stereocenters. The van der Waals surface area contributed by atoms with Crippen LogP contribution in [0.5, 0.6) is 0 Å². The molecular weight excluding hydrogens is 258 g/mol. The van der Waals surface area contributed by atoms with Gasteiger partial charge in [0.2, 0.25) is 0 Å². The lowest BCUT2D eigenvalue weighted by atomic mass is 9.87. The molecule has 1 saturated heterocycles. The highest BCUT2D eigenvalue weighted by Crippen LogP contribution is 2.27.